The van der Waals surface area contributed by atoms with Crippen LogP contribution in [0.3, 0.4) is 0 Å². The van der Waals surface area contributed by atoms with E-state index in [4.69, 9.17) is 4.98 Å². The highest BCUT2D eigenvalue weighted by molar-refractivity contribution is 7.14. The van der Waals surface area contributed by atoms with E-state index in [9.17, 15) is 0 Å². The van der Waals surface area contributed by atoms with Crippen LogP contribution in [0.25, 0.3) is 10.6 Å². The summed E-state index contributed by atoms with van der Waals surface area (Å²) in [5.41, 5.74) is 1.15. The molecule has 2 aromatic rings. The number of nitrogens with one attached hydrogen (secondary N) is 1. The first kappa shape index (κ1) is 10.4. The van der Waals surface area contributed by atoms with Crippen LogP contribution in [0.4, 0.5) is 0 Å². The molecule has 4 heteroatoms. The van der Waals surface area contributed by atoms with Gasteiger partial charge in [-0.15, -0.1) is 22.7 Å². The van der Waals surface area contributed by atoms with E-state index in [1.54, 1.807) is 11.3 Å². The lowest BCUT2D eigenvalue weighted by molar-refractivity contribution is 0.460. The highest BCUT2D eigenvalue weighted by Gasteiger charge is 2.18. The normalized spacial score (nSPS) is 21.1. The molecule has 2 nitrogen and oxygen atoms in total. The lowest BCUT2D eigenvalue weighted by Crippen LogP contribution is -2.28. The Balaban J connectivity index is 1.82. The Kier molecular flexibility index (Phi) is 3.04. The predicted molar refractivity (Wildman–Crippen MR) is 70.3 cm³/mol. The van der Waals surface area contributed by atoms with E-state index >= 15 is 0 Å². The summed E-state index contributed by atoms with van der Waals surface area (Å²) in [5, 5.41) is 9.05. The summed E-state index contributed by atoms with van der Waals surface area (Å²) in [6.45, 7) is 2.26. The second-order valence-corrected chi connectivity index (χ2v) is 5.93. The maximum absolute atomic E-state index is 4.77. The van der Waals surface area contributed by atoms with Crippen LogP contribution in [0.5, 0.6) is 0 Å². The second kappa shape index (κ2) is 4.65. The van der Waals surface area contributed by atoms with Gasteiger partial charge >= 0.3 is 0 Å². The van der Waals surface area contributed by atoms with Gasteiger partial charge in [-0.1, -0.05) is 6.07 Å². The van der Waals surface area contributed by atoms with Gasteiger partial charge in [-0.25, -0.2) is 4.98 Å². The second-order valence-electron chi connectivity index (χ2n) is 4.09. The Morgan fingerprint density at radius 1 is 1.38 bits per heavy atom. The molecule has 0 spiro atoms. The van der Waals surface area contributed by atoms with Crippen LogP contribution in [-0.4, -0.2) is 18.1 Å². The molecule has 0 unspecified atom stereocenters. The molecule has 1 atom stereocenters. The third kappa shape index (κ3) is 2.05. The van der Waals surface area contributed by atoms with E-state index in [0.29, 0.717) is 5.92 Å². The molecule has 3 rings (SSSR count). The van der Waals surface area contributed by atoms with Gasteiger partial charge in [0.25, 0.3) is 0 Å². The monoisotopic (exact) mass is 250 g/mol. The van der Waals surface area contributed by atoms with Crippen molar-refractivity contribution in [1.29, 1.82) is 0 Å². The van der Waals surface area contributed by atoms with Gasteiger partial charge in [-0.2, -0.15) is 0 Å². The maximum Gasteiger partial charge on any atom is 0.0976 e. The number of nitrogens with zero attached hydrogens (tertiary/aromatic N) is 1. The number of piperidine rings is 1. The minimum atomic E-state index is 0.632. The molecule has 0 aromatic carbocycles. The van der Waals surface area contributed by atoms with Gasteiger partial charge < -0.3 is 5.32 Å². The number of aromatic nitrogens is 1. The Bertz CT molecular complexity index is 441. The fraction of sp³-hybridized carbons (Fsp3) is 0.417. The zero-order valence-electron chi connectivity index (χ0n) is 8.98. The van der Waals surface area contributed by atoms with Crippen molar-refractivity contribution in [2.45, 2.75) is 18.8 Å². The van der Waals surface area contributed by atoms with Crippen LogP contribution in [0.15, 0.2) is 22.9 Å². The Morgan fingerprint density at radius 2 is 2.38 bits per heavy atom. The molecule has 1 fully saturated rings. The number of hydrogen-bond donors (Lipinski definition) is 1. The molecule has 3 heterocycles. The van der Waals surface area contributed by atoms with Crippen molar-refractivity contribution < 1.29 is 0 Å². The maximum atomic E-state index is 4.77. The molecule has 0 aliphatic carbocycles. The molecule has 0 radical (unpaired) electrons. The van der Waals surface area contributed by atoms with Crippen LogP contribution in [0, 0.1) is 0 Å². The molecular formula is C12H14N2S2. The Hall–Kier alpha value is -0.710. The summed E-state index contributed by atoms with van der Waals surface area (Å²) in [6, 6.07) is 4.23. The average molecular weight is 250 g/mol. The topological polar surface area (TPSA) is 24.9 Å². The van der Waals surface area contributed by atoms with Crippen molar-refractivity contribution in [2.75, 3.05) is 13.1 Å². The summed E-state index contributed by atoms with van der Waals surface area (Å²) in [5.74, 6) is 0.632. The van der Waals surface area contributed by atoms with Crippen molar-refractivity contribution in [3.63, 3.8) is 0 Å². The number of rotatable bonds is 2. The van der Waals surface area contributed by atoms with Gasteiger partial charge in [0, 0.05) is 17.8 Å². The summed E-state index contributed by atoms with van der Waals surface area (Å²) in [7, 11) is 0. The largest absolute Gasteiger partial charge is 0.316 e. The van der Waals surface area contributed by atoms with Gasteiger partial charge in [-0.3, -0.25) is 0 Å². The van der Waals surface area contributed by atoms with Crippen molar-refractivity contribution in [3.8, 4) is 10.6 Å². The SMILES string of the molecule is c1csc(-c2csc([C@H]3CCCNC3)n2)c1. The first-order valence-electron chi connectivity index (χ1n) is 5.63. The number of thiophene rings is 1. The van der Waals surface area contributed by atoms with Crippen molar-refractivity contribution in [1.82, 2.24) is 10.3 Å². The third-order valence-electron chi connectivity index (χ3n) is 2.94. The van der Waals surface area contributed by atoms with E-state index in [1.807, 2.05) is 11.3 Å². The quantitative estimate of drug-likeness (QED) is 0.884. The van der Waals surface area contributed by atoms with Crippen LogP contribution in [0.2, 0.25) is 0 Å². The van der Waals surface area contributed by atoms with Crippen molar-refractivity contribution in [3.05, 3.63) is 27.9 Å². The van der Waals surface area contributed by atoms with E-state index in [2.05, 4.69) is 28.2 Å². The van der Waals surface area contributed by atoms with Crippen LogP contribution >= 0.6 is 22.7 Å². The zero-order valence-corrected chi connectivity index (χ0v) is 10.6. The first-order chi connectivity index (χ1) is 7.93. The molecule has 0 amide bonds. The number of hydrogen-bond acceptors (Lipinski definition) is 4. The smallest absolute Gasteiger partial charge is 0.0976 e. The van der Waals surface area contributed by atoms with E-state index in [0.717, 1.165) is 12.2 Å². The third-order valence-corrected chi connectivity index (χ3v) is 4.84. The lowest BCUT2D eigenvalue weighted by Gasteiger charge is -2.20. The highest BCUT2D eigenvalue weighted by Crippen LogP contribution is 2.31. The molecule has 1 aliphatic heterocycles. The minimum Gasteiger partial charge on any atom is -0.316 e. The Labute approximate surface area is 103 Å². The Morgan fingerprint density at radius 3 is 3.12 bits per heavy atom. The summed E-state index contributed by atoms with van der Waals surface area (Å²) < 4.78 is 0. The summed E-state index contributed by atoms with van der Waals surface area (Å²) in [4.78, 5) is 6.05. The fourth-order valence-corrected chi connectivity index (χ4v) is 3.79. The summed E-state index contributed by atoms with van der Waals surface area (Å²) in [6.07, 6.45) is 2.56. The molecule has 16 heavy (non-hydrogen) atoms. The van der Waals surface area contributed by atoms with Gasteiger partial charge in [0.2, 0.25) is 0 Å². The van der Waals surface area contributed by atoms with Gasteiger partial charge in [0.15, 0.2) is 0 Å². The molecular weight excluding hydrogens is 236 g/mol. The number of thiazole rings is 1. The van der Waals surface area contributed by atoms with Crippen LogP contribution < -0.4 is 5.32 Å². The lowest BCUT2D eigenvalue weighted by atomic mass is 10.0. The molecule has 84 valence electrons. The van der Waals surface area contributed by atoms with Gasteiger partial charge in [-0.05, 0) is 30.8 Å². The molecule has 1 saturated heterocycles. The molecule has 0 bridgehead atoms. The van der Waals surface area contributed by atoms with E-state index in [-0.39, 0.29) is 0 Å². The highest BCUT2D eigenvalue weighted by atomic mass is 32.1. The van der Waals surface area contributed by atoms with Gasteiger partial charge in [0.1, 0.15) is 0 Å². The molecule has 1 N–H and O–H groups in total. The van der Waals surface area contributed by atoms with Crippen molar-refractivity contribution in [2.24, 2.45) is 0 Å². The summed E-state index contributed by atoms with van der Waals surface area (Å²) >= 11 is 3.57. The molecule has 0 saturated carbocycles. The van der Waals surface area contributed by atoms with Crippen LogP contribution in [-0.2, 0) is 0 Å². The van der Waals surface area contributed by atoms with E-state index in [1.165, 1.54) is 29.3 Å². The zero-order chi connectivity index (χ0) is 10.8. The molecule has 1 aliphatic rings. The fourth-order valence-electron chi connectivity index (χ4n) is 2.08. The first-order valence-corrected chi connectivity index (χ1v) is 7.39. The predicted octanol–water partition coefficient (Wildman–Crippen LogP) is 3.34. The van der Waals surface area contributed by atoms with Crippen molar-refractivity contribution >= 4 is 22.7 Å². The van der Waals surface area contributed by atoms with E-state index < -0.39 is 0 Å². The standard InChI is InChI=1S/C12H14N2S2/c1-3-9(7-13-5-1)12-14-10(8-16-12)11-4-2-6-15-11/h2,4,6,8-9,13H,1,3,5,7H2/t9-/m0/s1. The van der Waals surface area contributed by atoms with Gasteiger partial charge in [0.05, 0.1) is 15.6 Å². The average Bonchev–Trinajstić information content (AvgIpc) is 3.01. The molecule has 2 aromatic heterocycles. The van der Waals surface area contributed by atoms with Crippen LogP contribution in [0.1, 0.15) is 23.8 Å². The minimum absolute atomic E-state index is 0.632.